The maximum atomic E-state index is 11.9. The van der Waals surface area contributed by atoms with Crippen LogP contribution in [0, 0.1) is 5.41 Å². The van der Waals surface area contributed by atoms with Crippen LogP contribution in [0.15, 0.2) is 18.2 Å². The minimum Gasteiger partial charge on any atom is -0.493 e. The first kappa shape index (κ1) is 15.2. The largest absolute Gasteiger partial charge is 0.493 e. The molecule has 1 rings (SSSR count). The lowest BCUT2D eigenvalue weighted by molar-refractivity contribution is -0.129. The normalized spacial score (nSPS) is 10.9. The summed E-state index contributed by atoms with van der Waals surface area (Å²) in [5.41, 5.74) is 0.405. The van der Waals surface area contributed by atoms with Gasteiger partial charge in [0.05, 0.1) is 20.6 Å². The minimum absolute atomic E-state index is 0.0414. The zero-order chi connectivity index (χ0) is 14.5. The molecule has 0 saturated heterocycles. The van der Waals surface area contributed by atoms with E-state index in [4.69, 9.17) is 9.47 Å². The van der Waals surface area contributed by atoms with Crippen LogP contribution < -0.4 is 9.47 Å². The highest BCUT2D eigenvalue weighted by molar-refractivity contribution is 5.93. The number of rotatable bonds is 7. The Morgan fingerprint density at radius 2 is 1.84 bits per heavy atom. The number of Topliss-reactive ketones (excluding diaryl/α,β-unsaturated/α-hetero) is 1. The second kappa shape index (κ2) is 6.36. The lowest BCUT2D eigenvalue weighted by Gasteiger charge is -2.22. The lowest BCUT2D eigenvalue weighted by Crippen LogP contribution is -2.27. The van der Waals surface area contributed by atoms with Crippen LogP contribution >= 0.6 is 0 Å². The van der Waals surface area contributed by atoms with Crippen molar-refractivity contribution in [3.63, 3.8) is 0 Å². The average Bonchev–Trinajstić information content (AvgIpc) is 2.38. The number of aldehydes is 1. The summed E-state index contributed by atoms with van der Waals surface area (Å²) in [4.78, 5) is 22.3. The third-order valence-corrected chi connectivity index (χ3v) is 3.12. The number of carbonyl (C=O) groups excluding carboxylic acids is 2. The topological polar surface area (TPSA) is 52.6 Å². The molecule has 4 nitrogen and oxygen atoms in total. The Morgan fingerprint density at radius 1 is 1.21 bits per heavy atom. The van der Waals surface area contributed by atoms with E-state index in [-0.39, 0.29) is 12.2 Å². The van der Waals surface area contributed by atoms with Gasteiger partial charge in [-0.3, -0.25) is 4.79 Å². The fourth-order valence-corrected chi connectivity index (χ4v) is 1.95. The molecule has 104 valence electrons. The molecule has 0 atom stereocenters. The summed E-state index contributed by atoms with van der Waals surface area (Å²) in [5.74, 6) is 1.24. The van der Waals surface area contributed by atoms with Gasteiger partial charge in [0.15, 0.2) is 11.5 Å². The van der Waals surface area contributed by atoms with Crippen molar-refractivity contribution < 1.29 is 19.1 Å². The number of hydrogen-bond donors (Lipinski definition) is 0. The number of hydrogen-bond acceptors (Lipinski definition) is 4. The van der Waals surface area contributed by atoms with Crippen LogP contribution in [0.3, 0.4) is 0 Å². The predicted molar refractivity (Wildman–Crippen MR) is 72.7 cm³/mol. The highest BCUT2D eigenvalue weighted by Gasteiger charge is 2.27. The molecular weight excluding hydrogens is 244 g/mol. The van der Waals surface area contributed by atoms with Crippen molar-refractivity contribution in [2.75, 3.05) is 14.2 Å². The van der Waals surface area contributed by atoms with Gasteiger partial charge in [0.2, 0.25) is 0 Å². The lowest BCUT2D eigenvalue weighted by atomic mass is 9.80. The van der Waals surface area contributed by atoms with Crippen LogP contribution in [0.5, 0.6) is 11.5 Å². The fourth-order valence-electron chi connectivity index (χ4n) is 1.95. The van der Waals surface area contributed by atoms with E-state index in [1.165, 1.54) is 0 Å². The van der Waals surface area contributed by atoms with Gasteiger partial charge in [-0.2, -0.15) is 0 Å². The molecule has 0 radical (unpaired) electrons. The van der Waals surface area contributed by atoms with Gasteiger partial charge in [-0.15, -0.1) is 0 Å². The molecule has 1 aromatic rings. The molecular formula is C15H20O4. The zero-order valence-electron chi connectivity index (χ0n) is 11.9. The third-order valence-electron chi connectivity index (χ3n) is 3.12. The summed E-state index contributed by atoms with van der Waals surface area (Å²) in [6.45, 7) is 3.69. The van der Waals surface area contributed by atoms with Crippen molar-refractivity contribution in [3.05, 3.63) is 23.8 Å². The summed E-state index contributed by atoms with van der Waals surface area (Å²) in [5, 5.41) is 0. The van der Waals surface area contributed by atoms with Gasteiger partial charge in [-0.25, -0.2) is 0 Å². The molecule has 0 heterocycles. The van der Waals surface area contributed by atoms with Crippen molar-refractivity contribution in [3.8, 4) is 11.5 Å². The molecule has 0 unspecified atom stereocenters. The summed E-state index contributed by atoms with van der Waals surface area (Å²) in [7, 11) is 3.15. The van der Waals surface area contributed by atoms with Gasteiger partial charge in [-0.1, -0.05) is 19.9 Å². The number of benzene rings is 1. The Kier molecular flexibility index (Phi) is 5.10. The SMILES string of the molecule is COc1ccc(CC(C)(C)C(=O)CC=O)cc1OC. The second-order valence-electron chi connectivity index (χ2n) is 5.04. The van der Waals surface area contributed by atoms with Crippen LogP contribution in [0.1, 0.15) is 25.8 Å². The quantitative estimate of drug-likeness (QED) is 0.560. The first-order chi connectivity index (χ1) is 8.94. The fraction of sp³-hybridized carbons (Fsp3) is 0.467. The maximum Gasteiger partial charge on any atom is 0.160 e. The van der Waals surface area contributed by atoms with E-state index < -0.39 is 5.41 Å². The molecule has 0 aromatic heterocycles. The smallest absolute Gasteiger partial charge is 0.160 e. The Labute approximate surface area is 113 Å². The van der Waals surface area contributed by atoms with Gasteiger partial charge >= 0.3 is 0 Å². The van der Waals surface area contributed by atoms with Crippen molar-refractivity contribution in [2.24, 2.45) is 5.41 Å². The molecule has 0 aliphatic rings. The number of ether oxygens (including phenoxy) is 2. The monoisotopic (exact) mass is 264 g/mol. The van der Waals surface area contributed by atoms with E-state index in [0.29, 0.717) is 24.2 Å². The summed E-state index contributed by atoms with van der Waals surface area (Å²) in [6, 6.07) is 5.57. The van der Waals surface area contributed by atoms with E-state index >= 15 is 0 Å². The van der Waals surface area contributed by atoms with E-state index in [2.05, 4.69) is 0 Å². The number of carbonyl (C=O) groups is 2. The number of ketones is 1. The van der Waals surface area contributed by atoms with E-state index in [0.717, 1.165) is 5.56 Å². The minimum atomic E-state index is -0.569. The van der Waals surface area contributed by atoms with E-state index in [1.54, 1.807) is 14.2 Å². The van der Waals surface area contributed by atoms with E-state index in [1.807, 2.05) is 32.0 Å². The Hall–Kier alpha value is -1.84. The highest BCUT2D eigenvalue weighted by Crippen LogP contribution is 2.31. The molecule has 0 aliphatic heterocycles. The van der Waals surface area contributed by atoms with Crippen molar-refractivity contribution in [1.29, 1.82) is 0 Å². The molecule has 0 aliphatic carbocycles. The van der Waals surface area contributed by atoms with Gasteiger partial charge in [0.1, 0.15) is 12.1 Å². The Balaban J connectivity index is 2.93. The summed E-state index contributed by atoms with van der Waals surface area (Å²) >= 11 is 0. The number of methoxy groups -OCH3 is 2. The molecule has 0 amide bonds. The Morgan fingerprint density at radius 3 is 2.37 bits per heavy atom. The third kappa shape index (κ3) is 3.81. The maximum absolute atomic E-state index is 11.9. The van der Waals surface area contributed by atoms with Crippen LogP contribution in [0.2, 0.25) is 0 Å². The average molecular weight is 264 g/mol. The van der Waals surface area contributed by atoms with Gasteiger partial charge in [-0.05, 0) is 24.1 Å². The Bertz CT molecular complexity index is 463. The molecule has 0 spiro atoms. The van der Waals surface area contributed by atoms with Gasteiger partial charge in [0.25, 0.3) is 0 Å². The summed E-state index contributed by atoms with van der Waals surface area (Å²) < 4.78 is 10.4. The molecule has 0 saturated carbocycles. The molecule has 19 heavy (non-hydrogen) atoms. The first-order valence-electron chi connectivity index (χ1n) is 6.12. The van der Waals surface area contributed by atoms with Gasteiger partial charge in [0, 0.05) is 5.41 Å². The molecule has 0 N–H and O–H groups in total. The molecule has 0 bridgehead atoms. The second-order valence-corrected chi connectivity index (χ2v) is 5.04. The van der Waals surface area contributed by atoms with Crippen LogP contribution in [0.25, 0.3) is 0 Å². The van der Waals surface area contributed by atoms with E-state index in [9.17, 15) is 9.59 Å². The highest BCUT2D eigenvalue weighted by atomic mass is 16.5. The zero-order valence-corrected chi connectivity index (χ0v) is 11.9. The first-order valence-corrected chi connectivity index (χ1v) is 6.12. The van der Waals surface area contributed by atoms with Crippen LogP contribution in [-0.2, 0) is 16.0 Å². The van der Waals surface area contributed by atoms with Crippen molar-refractivity contribution >= 4 is 12.1 Å². The van der Waals surface area contributed by atoms with Crippen LogP contribution in [-0.4, -0.2) is 26.3 Å². The molecule has 4 heteroatoms. The van der Waals surface area contributed by atoms with Gasteiger partial charge < -0.3 is 14.3 Å². The van der Waals surface area contributed by atoms with Crippen LogP contribution in [0.4, 0.5) is 0 Å². The molecule has 0 fully saturated rings. The predicted octanol–water partition coefficient (Wildman–Crippen LogP) is 2.43. The summed E-state index contributed by atoms with van der Waals surface area (Å²) in [6.07, 6.45) is 1.17. The van der Waals surface area contributed by atoms with Crippen molar-refractivity contribution in [2.45, 2.75) is 26.7 Å². The standard InChI is InChI=1S/C15H20O4/c1-15(2,14(17)7-8-16)10-11-5-6-12(18-3)13(9-11)19-4/h5-6,8-9H,7,10H2,1-4H3. The molecule has 1 aromatic carbocycles. The van der Waals surface area contributed by atoms with Crippen molar-refractivity contribution in [1.82, 2.24) is 0 Å².